The van der Waals surface area contributed by atoms with Gasteiger partial charge in [-0.15, -0.1) is 6.58 Å². The van der Waals surface area contributed by atoms with Crippen LogP contribution in [0, 0.1) is 12.8 Å². The van der Waals surface area contributed by atoms with Gasteiger partial charge >= 0.3 is 0 Å². The number of amides is 1. The third-order valence-electron chi connectivity index (χ3n) is 5.99. The zero-order chi connectivity index (χ0) is 22.0. The fraction of sp³-hybridized carbons (Fsp3) is 0.435. The van der Waals surface area contributed by atoms with Gasteiger partial charge in [0.2, 0.25) is 5.71 Å². The lowest BCUT2D eigenvalue weighted by molar-refractivity contribution is 0.0895. The molecule has 1 N–H and O–H groups in total. The third-order valence-corrected chi connectivity index (χ3v) is 5.99. The second-order valence-corrected chi connectivity index (χ2v) is 8.16. The maximum absolute atomic E-state index is 13.2. The molecule has 164 valence electrons. The molecule has 8 heteroatoms. The molecule has 4 heterocycles. The fourth-order valence-corrected chi connectivity index (χ4v) is 4.19. The Balaban J connectivity index is 1.59. The zero-order valence-electron chi connectivity index (χ0n) is 18.0. The Morgan fingerprint density at radius 3 is 2.87 bits per heavy atom. The van der Waals surface area contributed by atoms with Gasteiger partial charge in [0.05, 0.1) is 17.9 Å². The molecule has 0 spiro atoms. The molecule has 1 amide bonds. The smallest absolute Gasteiger partial charge is 0.265 e. The molecule has 4 rings (SSSR count). The van der Waals surface area contributed by atoms with Gasteiger partial charge in [0.25, 0.3) is 11.5 Å². The van der Waals surface area contributed by atoms with Crippen molar-refractivity contribution in [2.45, 2.75) is 39.3 Å². The SMILES string of the molecule is C=CCn1cnc2oc(C)c(C(=O)NCC(c3ccco3)N3CCC(C)CC3)c2c1=O. The van der Waals surface area contributed by atoms with Gasteiger partial charge in [-0.05, 0) is 50.9 Å². The van der Waals surface area contributed by atoms with Crippen molar-refractivity contribution in [1.29, 1.82) is 0 Å². The number of nitrogens with one attached hydrogen (secondary N) is 1. The van der Waals surface area contributed by atoms with Crippen molar-refractivity contribution in [2.75, 3.05) is 19.6 Å². The topological polar surface area (TPSA) is 93.5 Å². The van der Waals surface area contributed by atoms with Crippen molar-refractivity contribution >= 4 is 17.0 Å². The number of carbonyl (C=O) groups is 1. The van der Waals surface area contributed by atoms with Gasteiger partial charge < -0.3 is 14.2 Å². The standard InChI is InChI=1S/C23H28N4O4/c1-4-9-27-14-25-22-20(23(27)29)19(16(3)31-22)21(28)24-13-17(18-6-5-12-30-18)26-10-7-15(2)8-11-26/h4-6,12,14-15,17H,1,7-11,13H2,2-3H3,(H,24,28). The number of furan rings is 2. The van der Waals surface area contributed by atoms with Crippen LogP contribution in [0.25, 0.3) is 11.1 Å². The number of carbonyl (C=O) groups excluding carboxylic acids is 1. The molecule has 31 heavy (non-hydrogen) atoms. The quantitative estimate of drug-likeness (QED) is 0.585. The number of piperidine rings is 1. The minimum absolute atomic E-state index is 0.0690. The van der Waals surface area contributed by atoms with E-state index in [1.165, 1.54) is 10.9 Å². The summed E-state index contributed by atoms with van der Waals surface area (Å²) in [6.45, 7) is 10.2. The fourth-order valence-electron chi connectivity index (χ4n) is 4.19. The molecule has 0 bridgehead atoms. The third kappa shape index (κ3) is 4.20. The van der Waals surface area contributed by atoms with Crippen molar-refractivity contribution < 1.29 is 13.6 Å². The van der Waals surface area contributed by atoms with Crippen LogP contribution in [0.15, 0.2) is 51.0 Å². The first-order valence-corrected chi connectivity index (χ1v) is 10.6. The Kier molecular flexibility index (Phi) is 6.08. The Hall–Kier alpha value is -3.13. The van der Waals surface area contributed by atoms with Crippen LogP contribution in [0.2, 0.25) is 0 Å². The highest BCUT2D eigenvalue weighted by molar-refractivity contribution is 6.06. The van der Waals surface area contributed by atoms with Crippen molar-refractivity contribution in [3.63, 3.8) is 0 Å². The van der Waals surface area contributed by atoms with E-state index in [-0.39, 0.29) is 34.2 Å². The molecule has 1 fully saturated rings. The van der Waals surface area contributed by atoms with Crippen LogP contribution in [-0.2, 0) is 6.54 Å². The van der Waals surface area contributed by atoms with Crippen LogP contribution < -0.4 is 10.9 Å². The molecule has 0 radical (unpaired) electrons. The number of aryl methyl sites for hydroxylation is 1. The predicted octanol–water partition coefficient (Wildman–Crippen LogP) is 3.28. The maximum atomic E-state index is 13.2. The first-order chi connectivity index (χ1) is 15.0. The van der Waals surface area contributed by atoms with E-state index in [4.69, 9.17) is 8.83 Å². The van der Waals surface area contributed by atoms with E-state index >= 15 is 0 Å². The van der Waals surface area contributed by atoms with Crippen LogP contribution in [0.5, 0.6) is 0 Å². The zero-order valence-corrected chi connectivity index (χ0v) is 18.0. The summed E-state index contributed by atoms with van der Waals surface area (Å²) < 4.78 is 12.7. The summed E-state index contributed by atoms with van der Waals surface area (Å²) in [7, 11) is 0. The van der Waals surface area contributed by atoms with E-state index in [0.717, 1.165) is 31.7 Å². The van der Waals surface area contributed by atoms with Gasteiger partial charge in [0, 0.05) is 13.1 Å². The van der Waals surface area contributed by atoms with Crippen LogP contribution in [-0.4, -0.2) is 40.0 Å². The lowest BCUT2D eigenvalue weighted by Gasteiger charge is -2.35. The van der Waals surface area contributed by atoms with Gasteiger partial charge in [0.15, 0.2) is 0 Å². The molecule has 8 nitrogen and oxygen atoms in total. The molecule has 1 unspecified atom stereocenters. The van der Waals surface area contributed by atoms with E-state index in [9.17, 15) is 9.59 Å². The highest BCUT2D eigenvalue weighted by Crippen LogP contribution is 2.27. The van der Waals surface area contributed by atoms with Crippen LogP contribution >= 0.6 is 0 Å². The van der Waals surface area contributed by atoms with Crippen molar-refractivity contribution in [1.82, 2.24) is 19.8 Å². The molecule has 0 aliphatic carbocycles. The number of likely N-dealkylation sites (tertiary alicyclic amines) is 1. The van der Waals surface area contributed by atoms with Gasteiger partial charge in [-0.25, -0.2) is 4.98 Å². The maximum Gasteiger partial charge on any atom is 0.265 e. The molecule has 1 saturated heterocycles. The van der Waals surface area contributed by atoms with Gasteiger partial charge in [-0.1, -0.05) is 13.0 Å². The number of aromatic nitrogens is 2. The van der Waals surface area contributed by atoms with Gasteiger partial charge in [-0.2, -0.15) is 0 Å². The average Bonchev–Trinajstić information content (AvgIpc) is 3.39. The predicted molar refractivity (Wildman–Crippen MR) is 117 cm³/mol. The molecular weight excluding hydrogens is 396 g/mol. The summed E-state index contributed by atoms with van der Waals surface area (Å²) in [5, 5.41) is 3.19. The molecule has 1 aliphatic heterocycles. The second-order valence-electron chi connectivity index (χ2n) is 8.16. The lowest BCUT2D eigenvalue weighted by atomic mass is 9.97. The van der Waals surface area contributed by atoms with E-state index in [0.29, 0.717) is 24.8 Å². The summed E-state index contributed by atoms with van der Waals surface area (Å²) in [5.74, 6) is 1.54. The molecule has 1 aliphatic rings. The highest BCUT2D eigenvalue weighted by Gasteiger charge is 2.28. The Labute approximate surface area is 180 Å². The van der Waals surface area contributed by atoms with E-state index in [1.807, 2.05) is 12.1 Å². The number of fused-ring (bicyclic) bond motifs is 1. The summed E-state index contributed by atoms with van der Waals surface area (Å²) in [4.78, 5) is 32.6. The molecule has 1 atom stereocenters. The van der Waals surface area contributed by atoms with E-state index in [1.54, 1.807) is 19.3 Å². The first kappa shape index (κ1) is 21.1. The Morgan fingerprint density at radius 1 is 1.42 bits per heavy atom. The van der Waals surface area contributed by atoms with Crippen molar-refractivity contribution in [2.24, 2.45) is 5.92 Å². The minimum atomic E-state index is -0.353. The number of nitrogens with zero attached hydrogens (tertiary/aromatic N) is 3. The van der Waals surface area contributed by atoms with E-state index in [2.05, 4.69) is 28.7 Å². The summed E-state index contributed by atoms with van der Waals surface area (Å²) in [5.41, 5.74) is 0.0800. The number of hydrogen-bond donors (Lipinski definition) is 1. The van der Waals surface area contributed by atoms with Gasteiger partial charge in [-0.3, -0.25) is 19.1 Å². The second kappa shape index (κ2) is 8.93. The monoisotopic (exact) mass is 424 g/mol. The summed E-state index contributed by atoms with van der Waals surface area (Å²) in [6, 6.07) is 3.73. The molecule has 3 aromatic heterocycles. The van der Waals surface area contributed by atoms with Crippen LogP contribution in [0.4, 0.5) is 0 Å². The molecule has 3 aromatic rings. The average molecular weight is 425 g/mol. The van der Waals surface area contributed by atoms with Crippen molar-refractivity contribution in [3.8, 4) is 0 Å². The number of rotatable bonds is 7. The molecule has 0 aromatic carbocycles. The number of hydrogen-bond acceptors (Lipinski definition) is 6. The lowest BCUT2D eigenvalue weighted by Crippen LogP contribution is -2.42. The summed E-state index contributed by atoms with van der Waals surface area (Å²) >= 11 is 0. The largest absolute Gasteiger partial charge is 0.468 e. The van der Waals surface area contributed by atoms with Gasteiger partial charge in [0.1, 0.15) is 23.2 Å². The summed E-state index contributed by atoms with van der Waals surface area (Å²) in [6.07, 6.45) is 6.89. The molecular formula is C23H28N4O4. The Bertz CT molecular complexity index is 1120. The highest BCUT2D eigenvalue weighted by atomic mass is 16.3. The molecule has 0 saturated carbocycles. The normalized spacial score (nSPS) is 16.5. The number of allylic oxidation sites excluding steroid dienone is 1. The first-order valence-electron chi connectivity index (χ1n) is 10.6. The van der Waals surface area contributed by atoms with E-state index < -0.39 is 0 Å². The van der Waals surface area contributed by atoms with Crippen LogP contribution in [0.1, 0.15) is 47.7 Å². The van der Waals surface area contributed by atoms with Crippen molar-refractivity contribution in [3.05, 3.63) is 64.8 Å². The van der Waals surface area contributed by atoms with Crippen LogP contribution in [0.3, 0.4) is 0 Å². The Morgan fingerprint density at radius 2 is 2.19 bits per heavy atom. The minimum Gasteiger partial charge on any atom is -0.468 e.